The molecule has 1 aromatic heterocycles. The van der Waals surface area contributed by atoms with Crippen molar-refractivity contribution in [3.05, 3.63) is 43.8 Å². The maximum absolute atomic E-state index is 5.72. The number of ether oxygens (including phenoxy) is 1. The molecule has 20 heavy (non-hydrogen) atoms. The number of hydrogen-bond donors (Lipinski definition) is 2. The number of halogens is 1. The van der Waals surface area contributed by atoms with Gasteiger partial charge in [-0.25, -0.2) is 4.98 Å². The number of nitrogens with zero attached hydrogens (tertiary/aromatic N) is 1. The van der Waals surface area contributed by atoms with Crippen LogP contribution in [0.5, 0.6) is 5.75 Å². The van der Waals surface area contributed by atoms with Crippen LogP contribution in [0.4, 0.5) is 0 Å². The third-order valence-corrected chi connectivity index (χ3v) is 4.81. The van der Waals surface area contributed by atoms with E-state index >= 15 is 0 Å². The Morgan fingerprint density at radius 3 is 2.75 bits per heavy atom. The first kappa shape index (κ1) is 15.4. The van der Waals surface area contributed by atoms with Crippen LogP contribution < -0.4 is 16.0 Å². The van der Waals surface area contributed by atoms with E-state index in [2.05, 4.69) is 33.3 Å². The lowest BCUT2D eigenvalue weighted by atomic mass is 10.0. The molecule has 2 aromatic rings. The summed E-state index contributed by atoms with van der Waals surface area (Å²) in [7, 11) is 1.66. The molecular formula is C14H18BrN3OS. The number of thiazole rings is 1. The van der Waals surface area contributed by atoms with Gasteiger partial charge in [0.05, 0.1) is 23.9 Å². The first-order valence-electron chi connectivity index (χ1n) is 6.27. The molecule has 0 amide bonds. The number of rotatable bonds is 5. The van der Waals surface area contributed by atoms with Gasteiger partial charge >= 0.3 is 0 Å². The van der Waals surface area contributed by atoms with Crippen molar-refractivity contribution in [3.8, 4) is 5.75 Å². The Labute approximate surface area is 131 Å². The van der Waals surface area contributed by atoms with E-state index in [0.29, 0.717) is 0 Å². The summed E-state index contributed by atoms with van der Waals surface area (Å²) < 4.78 is 6.41. The number of hydrazine groups is 1. The third kappa shape index (κ3) is 3.38. The number of nitrogens with one attached hydrogen (secondary N) is 1. The molecule has 0 saturated heterocycles. The molecule has 0 saturated carbocycles. The van der Waals surface area contributed by atoms with Crippen molar-refractivity contribution in [1.82, 2.24) is 10.4 Å². The second-order valence-corrected chi connectivity index (χ2v) is 6.76. The van der Waals surface area contributed by atoms with Crippen LogP contribution >= 0.6 is 27.3 Å². The lowest BCUT2D eigenvalue weighted by Crippen LogP contribution is -2.29. The van der Waals surface area contributed by atoms with Gasteiger partial charge in [-0.3, -0.25) is 11.3 Å². The van der Waals surface area contributed by atoms with Crippen LogP contribution in [0.2, 0.25) is 0 Å². The van der Waals surface area contributed by atoms with Gasteiger partial charge in [0.15, 0.2) is 0 Å². The molecule has 4 nitrogen and oxygen atoms in total. The van der Waals surface area contributed by atoms with Gasteiger partial charge in [-0.2, -0.15) is 0 Å². The summed E-state index contributed by atoms with van der Waals surface area (Å²) in [6, 6.07) is 5.92. The molecule has 0 aliphatic carbocycles. The lowest BCUT2D eigenvalue weighted by molar-refractivity contribution is 0.398. The zero-order valence-electron chi connectivity index (χ0n) is 11.7. The monoisotopic (exact) mass is 355 g/mol. The zero-order chi connectivity index (χ0) is 14.7. The fourth-order valence-corrected chi connectivity index (χ4v) is 3.35. The SMILES string of the molecule is COc1cc(Br)ccc1C(Cc1nc(C)c(C)s1)NN. The molecule has 0 radical (unpaired) electrons. The van der Waals surface area contributed by atoms with E-state index in [-0.39, 0.29) is 6.04 Å². The van der Waals surface area contributed by atoms with Crippen molar-refractivity contribution in [2.45, 2.75) is 26.3 Å². The average molecular weight is 356 g/mol. The standard InChI is InChI=1S/C14H18BrN3OS/c1-8-9(2)20-14(17-8)7-12(18-16)11-5-4-10(15)6-13(11)19-3/h4-6,12,18H,7,16H2,1-3H3. The van der Waals surface area contributed by atoms with Crippen molar-refractivity contribution in [1.29, 1.82) is 0 Å². The van der Waals surface area contributed by atoms with E-state index in [0.717, 1.165) is 32.9 Å². The van der Waals surface area contributed by atoms with Gasteiger partial charge in [0.2, 0.25) is 0 Å². The number of methoxy groups -OCH3 is 1. The van der Waals surface area contributed by atoms with Crippen molar-refractivity contribution >= 4 is 27.3 Å². The van der Waals surface area contributed by atoms with Crippen LogP contribution in [0.3, 0.4) is 0 Å². The minimum Gasteiger partial charge on any atom is -0.496 e. The fraction of sp³-hybridized carbons (Fsp3) is 0.357. The predicted octanol–water partition coefficient (Wildman–Crippen LogP) is 3.28. The van der Waals surface area contributed by atoms with Gasteiger partial charge in [-0.15, -0.1) is 11.3 Å². The molecule has 1 unspecified atom stereocenters. The Kier molecular flexibility index (Phi) is 5.15. The van der Waals surface area contributed by atoms with Gasteiger partial charge in [-0.1, -0.05) is 22.0 Å². The highest BCUT2D eigenvalue weighted by Gasteiger charge is 2.18. The summed E-state index contributed by atoms with van der Waals surface area (Å²) in [5, 5.41) is 1.08. The molecule has 3 N–H and O–H groups in total. The molecule has 0 fully saturated rings. The van der Waals surface area contributed by atoms with Crippen LogP contribution in [0.15, 0.2) is 22.7 Å². The summed E-state index contributed by atoms with van der Waals surface area (Å²) in [6.45, 7) is 4.11. The Bertz CT molecular complexity index is 581. The van der Waals surface area contributed by atoms with Crippen molar-refractivity contribution < 1.29 is 4.74 Å². The minimum absolute atomic E-state index is 0.0250. The van der Waals surface area contributed by atoms with Gasteiger partial charge in [0.1, 0.15) is 5.75 Å². The first-order valence-corrected chi connectivity index (χ1v) is 7.88. The average Bonchev–Trinajstić information content (AvgIpc) is 2.75. The van der Waals surface area contributed by atoms with Crippen LogP contribution in [0, 0.1) is 13.8 Å². The van der Waals surface area contributed by atoms with E-state index < -0.39 is 0 Å². The minimum atomic E-state index is -0.0250. The van der Waals surface area contributed by atoms with Gasteiger partial charge in [-0.05, 0) is 26.0 Å². The number of aromatic nitrogens is 1. The maximum atomic E-state index is 5.72. The molecule has 0 aliphatic rings. The summed E-state index contributed by atoms with van der Waals surface area (Å²) in [5.74, 6) is 6.53. The Morgan fingerprint density at radius 2 is 2.20 bits per heavy atom. The second-order valence-electron chi connectivity index (χ2n) is 4.56. The van der Waals surface area contributed by atoms with Crippen LogP contribution in [-0.2, 0) is 6.42 Å². The van der Waals surface area contributed by atoms with Crippen molar-refractivity contribution in [3.63, 3.8) is 0 Å². The molecule has 0 aliphatic heterocycles. The Morgan fingerprint density at radius 1 is 1.45 bits per heavy atom. The summed E-state index contributed by atoms with van der Waals surface area (Å²) in [5.41, 5.74) is 4.98. The Balaban J connectivity index is 2.28. The molecule has 108 valence electrons. The Hall–Kier alpha value is -0.950. The van der Waals surface area contributed by atoms with E-state index in [1.54, 1.807) is 18.4 Å². The number of nitrogens with two attached hydrogens (primary N) is 1. The highest BCUT2D eigenvalue weighted by molar-refractivity contribution is 9.10. The van der Waals surface area contributed by atoms with E-state index in [1.165, 1.54) is 4.88 Å². The van der Waals surface area contributed by atoms with Crippen LogP contribution in [0.25, 0.3) is 0 Å². The van der Waals surface area contributed by atoms with Crippen LogP contribution in [-0.4, -0.2) is 12.1 Å². The molecule has 1 heterocycles. The van der Waals surface area contributed by atoms with Gasteiger partial charge in [0.25, 0.3) is 0 Å². The van der Waals surface area contributed by atoms with Crippen molar-refractivity contribution in [2.24, 2.45) is 5.84 Å². The number of hydrogen-bond acceptors (Lipinski definition) is 5. The van der Waals surface area contributed by atoms with Crippen molar-refractivity contribution in [2.75, 3.05) is 7.11 Å². The number of aryl methyl sites for hydroxylation is 2. The molecule has 6 heteroatoms. The van der Waals surface area contributed by atoms with Gasteiger partial charge < -0.3 is 4.74 Å². The summed E-state index contributed by atoms with van der Waals surface area (Å²) in [4.78, 5) is 5.82. The molecular weight excluding hydrogens is 338 g/mol. The highest BCUT2D eigenvalue weighted by atomic mass is 79.9. The third-order valence-electron chi connectivity index (χ3n) is 3.22. The highest BCUT2D eigenvalue weighted by Crippen LogP contribution is 2.31. The molecule has 1 aromatic carbocycles. The van der Waals surface area contributed by atoms with E-state index in [9.17, 15) is 0 Å². The lowest BCUT2D eigenvalue weighted by Gasteiger charge is -2.18. The molecule has 1 atom stereocenters. The smallest absolute Gasteiger partial charge is 0.124 e. The molecule has 0 bridgehead atoms. The fourth-order valence-electron chi connectivity index (χ4n) is 2.03. The maximum Gasteiger partial charge on any atom is 0.124 e. The second kappa shape index (κ2) is 6.67. The van der Waals surface area contributed by atoms with E-state index in [4.69, 9.17) is 10.6 Å². The van der Waals surface area contributed by atoms with Gasteiger partial charge in [0, 0.05) is 21.3 Å². The topological polar surface area (TPSA) is 60.2 Å². The predicted molar refractivity (Wildman–Crippen MR) is 86.1 cm³/mol. The number of benzene rings is 1. The molecule has 2 rings (SSSR count). The van der Waals surface area contributed by atoms with Crippen LogP contribution in [0.1, 0.15) is 27.2 Å². The van der Waals surface area contributed by atoms with E-state index in [1.807, 2.05) is 25.1 Å². The first-order chi connectivity index (χ1) is 9.55. The zero-order valence-corrected chi connectivity index (χ0v) is 14.1. The molecule has 0 spiro atoms. The summed E-state index contributed by atoms with van der Waals surface area (Å²) in [6.07, 6.45) is 0.744. The quantitative estimate of drug-likeness (QED) is 0.638. The summed E-state index contributed by atoms with van der Waals surface area (Å²) >= 11 is 5.16. The largest absolute Gasteiger partial charge is 0.496 e. The normalized spacial score (nSPS) is 12.4.